The first-order chi connectivity index (χ1) is 7.15. The highest BCUT2D eigenvalue weighted by Crippen LogP contribution is 2.21. The van der Waals surface area contributed by atoms with Crippen molar-refractivity contribution in [3.05, 3.63) is 26.9 Å². The third-order valence-corrected chi connectivity index (χ3v) is 3.12. The number of Topliss-reactive ketones (excluding diaryl/α,β-unsaturated/α-hetero) is 1. The molecule has 2 nitrogen and oxygen atoms in total. The number of rotatable bonds is 5. The minimum atomic E-state index is 0.114. The topological polar surface area (TPSA) is 30.0 Å². The fraction of sp³-hybridized carbons (Fsp3) is 0.455. The second-order valence-corrected chi connectivity index (χ2v) is 5.13. The molecular formula is C11H13Br2NO. The van der Waals surface area contributed by atoms with Gasteiger partial charge in [0.15, 0.2) is 5.78 Å². The van der Waals surface area contributed by atoms with E-state index in [2.05, 4.69) is 43.8 Å². The predicted molar refractivity (Wildman–Crippen MR) is 68.1 cm³/mol. The Kier molecular flexibility index (Phi) is 5.47. The van der Waals surface area contributed by atoms with Crippen molar-refractivity contribution >= 4 is 37.6 Å². The van der Waals surface area contributed by atoms with Crippen LogP contribution in [0.5, 0.6) is 0 Å². The van der Waals surface area contributed by atoms with Gasteiger partial charge >= 0.3 is 0 Å². The van der Waals surface area contributed by atoms with Crippen LogP contribution in [-0.4, -0.2) is 10.8 Å². The summed E-state index contributed by atoms with van der Waals surface area (Å²) in [5, 5.41) is 0. The van der Waals surface area contributed by atoms with E-state index in [9.17, 15) is 4.79 Å². The third-order valence-electron chi connectivity index (χ3n) is 2.08. The van der Waals surface area contributed by atoms with Gasteiger partial charge in [0.05, 0.1) is 0 Å². The van der Waals surface area contributed by atoms with Gasteiger partial charge in [0.2, 0.25) is 0 Å². The zero-order valence-electron chi connectivity index (χ0n) is 8.59. The summed E-state index contributed by atoms with van der Waals surface area (Å²) in [6.45, 7) is 2.12. The maximum atomic E-state index is 11.7. The van der Waals surface area contributed by atoms with Crippen molar-refractivity contribution in [2.45, 2.75) is 32.6 Å². The highest BCUT2D eigenvalue weighted by Gasteiger charge is 2.11. The molecule has 0 atom stereocenters. The molecule has 0 aliphatic rings. The highest BCUT2D eigenvalue weighted by molar-refractivity contribution is 9.11. The number of ketones is 1. The number of carbonyl (C=O) groups is 1. The zero-order chi connectivity index (χ0) is 11.3. The van der Waals surface area contributed by atoms with Crippen molar-refractivity contribution in [1.29, 1.82) is 0 Å². The van der Waals surface area contributed by atoms with Crippen LogP contribution in [0.15, 0.2) is 21.2 Å². The smallest absolute Gasteiger partial charge is 0.182 e. The molecule has 0 fully saturated rings. The van der Waals surface area contributed by atoms with Gasteiger partial charge in [0, 0.05) is 21.6 Å². The van der Waals surface area contributed by atoms with Crippen LogP contribution in [0.2, 0.25) is 0 Å². The van der Waals surface area contributed by atoms with Gasteiger partial charge in [-0.25, -0.2) is 0 Å². The van der Waals surface area contributed by atoms with Crippen LogP contribution in [0.25, 0.3) is 0 Å². The Morgan fingerprint density at radius 3 is 2.73 bits per heavy atom. The van der Waals surface area contributed by atoms with Crippen LogP contribution in [0.1, 0.15) is 43.1 Å². The molecule has 4 heteroatoms. The lowest BCUT2D eigenvalue weighted by Crippen LogP contribution is -2.03. The molecule has 0 spiro atoms. The summed E-state index contributed by atoms with van der Waals surface area (Å²) in [5.74, 6) is 0.114. The fourth-order valence-electron chi connectivity index (χ4n) is 1.27. The molecule has 0 radical (unpaired) electrons. The van der Waals surface area contributed by atoms with E-state index < -0.39 is 0 Å². The van der Waals surface area contributed by atoms with Crippen LogP contribution < -0.4 is 0 Å². The average Bonchev–Trinajstić information content (AvgIpc) is 2.17. The Morgan fingerprint density at radius 1 is 1.40 bits per heavy atom. The predicted octanol–water partition coefficient (Wildman–Crippen LogP) is 4.37. The first kappa shape index (κ1) is 12.8. The number of hydrogen-bond donors (Lipinski definition) is 0. The van der Waals surface area contributed by atoms with E-state index in [-0.39, 0.29) is 5.78 Å². The summed E-state index contributed by atoms with van der Waals surface area (Å²) < 4.78 is 1.64. The molecule has 0 amide bonds. The van der Waals surface area contributed by atoms with E-state index in [4.69, 9.17) is 0 Å². The number of hydrogen-bond acceptors (Lipinski definition) is 2. The molecule has 1 aromatic heterocycles. The summed E-state index contributed by atoms with van der Waals surface area (Å²) >= 11 is 6.65. The Balaban J connectivity index is 2.65. The SMILES string of the molecule is CCCCCC(=O)c1ncc(Br)cc1Br. The van der Waals surface area contributed by atoms with E-state index in [0.717, 1.165) is 28.2 Å². The van der Waals surface area contributed by atoms with Crippen molar-refractivity contribution in [2.75, 3.05) is 0 Å². The summed E-state index contributed by atoms with van der Waals surface area (Å²) in [4.78, 5) is 15.9. The Hall–Kier alpha value is -0.220. The largest absolute Gasteiger partial charge is 0.292 e. The van der Waals surface area contributed by atoms with Gasteiger partial charge in [-0.15, -0.1) is 0 Å². The van der Waals surface area contributed by atoms with E-state index in [1.807, 2.05) is 6.07 Å². The van der Waals surface area contributed by atoms with E-state index in [0.29, 0.717) is 12.1 Å². The van der Waals surface area contributed by atoms with Gasteiger partial charge in [-0.05, 0) is 44.3 Å². The van der Waals surface area contributed by atoms with Gasteiger partial charge in [0.25, 0.3) is 0 Å². The van der Waals surface area contributed by atoms with Gasteiger partial charge in [-0.1, -0.05) is 19.8 Å². The lowest BCUT2D eigenvalue weighted by atomic mass is 10.1. The highest BCUT2D eigenvalue weighted by atomic mass is 79.9. The van der Waals surface area contributed by atoms with Gasteiger partial charge in [0.1, 0.15) is 5.69 Å². The van der Waals surface area contributed by atoms with Gasteiger partial charge < -0.3 is 0 Å². The summed E-state index contributed by atoms with van der Waals surface area (Å²) in [6, 6.07) is 1.85. The standard InChI is InChI=1S/C11H13Br2NO/c1-2-3-4-5-10(15)11-9(13)6-8(12)7-14-11/h6-7H,2-5H2,1H3. The molecule has 0 aromatic carbocycles. The fourth-order valence-corrected chi connectivity index (χ4v) is 2.48. The summed E-state index contributed by atoms with van der Waals surface area (Å²) in [6.07, 6.45) is 5.40. The normalized spacial score (nSPS) is 10.3. The molecule has 0 bridgehead atoms. The molecule has 82 valence electrons. The molecule has 1 aromatic rings. The molecule has 15 heavy (non-hydrogen) atoms. The number of nitrogens with zero attached hydrogens (tertiary/aromatic N) is 1. The molecule has 0 saturated carbocycles. The van der Waals surface area contributed by atoms with E-state index >= 15 is 0 Å². The summed E-state index contributed by atoms with van der Waals surface area (Å²) in [5.41, 5.74) is 0.536. The molecule has 1 heterocycles. The maximum Gasteiger partial charge on any atom is 0.182 e. The van der Waals surface area contributed by atoms with Crippen molar-refractivity contribution in [3.8, 4) is 0 Å². The molecular weight excluding hydrogens is 322 g/mol. The molecule has 0 saturated heterocycles. The molecule has 0 unspecified atom stereocenters. The van der Waals surface area contributed by atoms with Gasteiger partial charge in [-0.3, -0.25) is 9.78 Å². The maximum absolute atomic E-state index is 11.7. The first-order valence-corrected chi connectivity index (χ1v) is 6.58. The van der Waals surface area contributed by atoms with Gasteiger partial charge in [-0.2, -0.15) is 0 Å². The Labute approximate surface area is 107 Å². The number of unbranched alkanes of at least 4 members (excludes halogenated alkanes) is 2. The molecule has 0 aliphatic heterocycles. The van der Waals surface area contributed by atoms with Crippen LogP contribution >= 0.6 is 31.9 Å². The lowest BCUT2D eigenvalue weighted by molar-refractivity contribution is 0.0973. The van der Waals surface area contributed by atoms with Crippen molar-refractivity contribution < 1.29 is 4.79 Å². The third kappa shape index (κ3) is 4.03. The van der Waals surface area contributed by atoms with Crippen molar-refractivity contribution in [3.63, 3.8) is 0 Å². The summed E-state index contributed by atoms with van der Waals surface area (Å²) in [7, 11) is 0. The zero-order valence-corrected chi connectivity index (χ0v) is 11.8. The van der Waals surface area contributed by atoms with Crippen LogP contribution in [0, 0.1) is 0 Å². The second kappa shape index (κ2) is 6.38. The monoisotopic (exact) mass is 333 g/mol. The number of halogens is 2. The molecule has 0 N–H and O–H groups in total. The van der Waals surface area contributed by atoms with Crippen LogP contribution in [0.3, 0.4) is 0 Å². The lowest BCUT2D eigenvalue weighted by Gasteiger charge is -2.02. The minimum absolute atomic E-state index is 0.114. The molecule has 1 rings (SSSR count). The van der Waals surface area contributed by atoms with Crippen LogP contribution in [0.4, 0.5) is 0 Å². The number of carbonyl (C=O) groups excluding carboxylic acids is 1. The quantitative estimate of drug-likeness (QED) is 0.591. The average molecular weight is 335 g/mol. The van der Waals surface area contributed by atoms with Crippen molar-refractivity contribution in [2.24, 2.45) is 0 Å². The Bertz CT molecular complexity index is 352. The Morgan fingerprint density at radius 2 is 2.13 bits per heavy atom. The molecule has 0 aliphatic carbocycles. The van der Waals surface area contributed by atoms with Crippen LogP contribution in [-0.2, 0) is 0 Å². The minimum Gasteiger partial charge on any atom is -0.292 e. The van der Waals surface area contributed by atoms with E-state index in [1.54, 1.807) is 6.20 Å². The van der Waals surface area contributed by atoms with E-state index in [1.165, 1.54) is 0 Å². The van der Waals surface area contributed by atoms with Crippen molar-refractivity contribution in [1.82, 2.24) is 4.98 Å². The second-order valence-electron chi connectivity index (χ2n) is 3.36. The first-order valence-electron chi connectivity index (χ1n) is 4.99. The number of pyridine rings is 1. The number of aromatic nitrogens is 1.